The zero-order valence-electron chi connectivity index (χ0n) is 11.2. The van der Waals surface area contributed by atoms with Crippen molar-refractivity contribution in [2.75, 3.05) is 5.75 Å². The van der Waals surface area contributed by atoms with Crippen molar-refractivity contribution in [3.63, 3.8) is 0 Å². The van der Waals surface area contributed by atoms with Crippen LogP contribution < -0.4 is 0 Å². The third-order valence-electron chi connectivity index (χ3n) is 3.58. The predicted molar refractivity (Wildman–Crippen MR) is 79.4 cm³/mol. The fourth-order valence-corrected chi connectivity index (χ4v) is 3.17. The van der Waals surface area contributed by atoms with E-state index in [4.69, 9.17) is 0 Å². The molecule has 0 saturated heterocycles. The molecule has 2 aromatic heterocycles. The number of carbonyl (C=O) groups is 1. The molecule has 3 aromatic rings. The van der Waals surface area contributed by atoms with Crippen LogP contribution in [0, 0.1) is 0 Å². The fourth-order valence-electron chi connectivity index (χ4n) is 2.34. The number of ketones is 1. The Morgan fingerprint density at radius 1 is 1.38 bits per heavy atom. The van der Waals surface area contributed by atoms with Crippen LogP contribution in [-0.4, -0.2) is 36.7 Å². The zero-order valence-corrected chi connectivity index (χ0v) is 12.0. The summed E-state index contributed by atoms with van der Waals surface area (Å²) in [5, 5.41) is 13.4. The number of thioether (sulfide) groups is 1. The molecule has 1 aliphatic carbocycles. The number of carbonyl (C=O) groups excluding carboxylic acids is 1. The van der Waals surface area contributed by atoms with E-state index in [1.54, 1.807) is 6.20 Å². The van der Waals surface area contributed by atoms with E-state index in [1.165, 1.54) is 11.8 Å². The molecule has 2 heterocycles. The summed E-state index contributed by atoms with van der Waals surface area (Å²) in [7, 11) is 0. The lowest BCUT2D eigenvalue weighted by atomic mass is 10.1. The smallest absolute Gasteiger partial charge is 0.210 e. The quantitative estimate of drug-likeness (QED) is 0.578. The average molecular weight is 299 g/mol. The molecule has 1 fully saturated rings. The summed E-state index contributed by atoms with van der Waals surface area (Å²) < 4.78 is 1.83. The molecule has 7 heteroatoms. The van der Waals surface area contributed by atoms with Crippen molar-refractivity contribution in [3.8, 4) is 0 Å². The number of Topliss-reactive ketones (excluding diaryl/α,β-unsaturated/α-hetero) is 1. The molecular formula is C14H13N5OS. The first-order valence-electron chi connectivity index (χ1n) is 6.83. The molecular weight excluding hydrogens is 286 g/mol. The van der Waals surface area contributed by atoms with Gasteiger partial charge < -0.3 is 4.98 Å². The molecule has 1 aliphatic rings. The predicted octanol–water partition coefficient (Wildman–Crippen LogP) is 2.46. The van der Waals surface area contributed by atoms with Crippen LogP contribution >= 0.6 is 11.8 Å². The highest BCUT2D eigenvalue weighted by Gasteiger charge is 2.28. The molecule has 1 saturated carbocycles. The zero-order chi connectivity index (χ0) is 14.2. The third kappa shape index (κ3) is 2.33. The Labute approximate surface area is 124 Å². The van der Waals surface area contributed by atoms with E-state index in [0.29, 0.717) is 11.8 Å². The molecule has 6 nitrogen and oxygen atoms in total. The average Bonchev–Trinajstić information content (AvgIpc) is 3.10. The Balaban J connectivity index is 1.52. The Hall–Kier alpha value is -2.15. The summed E-state index contributed by atoms with van der Waals surface area (Å²) >= 11 is 1.40. The topological polar surface area (TPSA) is 76.5 Å². The van der Waals surface area contributed by atoms with E-state index >= 15 is 0 Å². The van der Waals surface area contributed by atoms with Crippen molar-refractivity contribution < 1.29 is 4.79 Å². The minimum Gasteiger partial charge on any atom is -0.360 e. The molecule has 1 aromatic carbocycles. The number of H-pyrrole nitrogens is 1. The van der Waals surface area contributed by atoms with Gasteiger partial charge in [0.25, 0.3) is 0 Å². The molecule has 0 unspecified atom stereocenters. The van der Waals surface area contributed by atoms with Crippen molar-refractivity contribution >= 4 is 28.4 Å². The summed E-state index contributed by atoms with van der Waals surface area (Å²) in [4.78, 5) is 15.5. The van der Waals surface area contributed by atoms with Crippen LogP contribution in [-0.2, 0) is 0 Å². The monoisotopic (exact) mass is 299 g/mol. The molecule has 0 atom stereocenters. The number of benzene rings is 1. The number of hydrogen-bond donors (Lipinski definition) is 1. The minimum absolute atomic E-state index is 0.0859. The van der Waals surface area contributed by atoms with Gasteiger partial charge in [0, 0.05) is 22.7 Å². The van der Waals surface area contributed by atoms with E-state index in [0.717, 1.165) is 34.5 Å². The first-order valence-corrected chi connectivity index (χ1v) is 7.81. The lowest BCUT2D eigenvalue weighted by Gasteiger charge is -2.01. The highest BCUT2D eigenvalue weighted by molar-refractivity contribution is 7.99. The van der Waals surface area contributed by atoms with E-state index in [-0.39, 0.29) is 5.78 Å². The van der Waals surface area contributed by atoms with Gasteiger partial charge in [-0.3, -0.25) is 4.79 Å². The van der Waals surface area contributed by atoms with Gasteiger partial charge in [0.15, 0.2) is 5.78 Å². The van der Waals surface area contributed by atoms with Crippen LogP contribution in [0.4, 0.5) is 0 Å². The second-order valence-electron chi connectivity index (χ2n) is 5.10. The maximum atomic E-state index is 12.4. The van der Waals surface area contributed by atoms with Crippen molar-refractivity contribution in [2.24, 2.45) is 0 Å². The van der Waals surface area contributed by atoms with Crippen LogP contribution in [0.2, 0.25) is 0 Å². The summed E-state index contributed by atoms with van der Waals surface area (Å²) in [6, 6.07) is 8.23. The van der Waals surface area contributed by atoms with E-state index < -0.39 is 0 Å². The maximum absolute atomic E-state index is 12.4. The Morgan fingerprint density at radius 2 is 2.24 bits per heavy atom. The van der Waals surface area contributed by atoms with Gasteiger partial charge in [-0.2, -0.15) is 0 Å². The van der Waals surface area contributed by atoms with Gasteiger partial charge in [-0.05, 0) is 29.3 Å². The van der Waals surface area contributed by atoms with Gasteiger partial charge in [0.2, 0.25) is 5.16 Å². The number of aromatic nitrogens is 5. The van der Waals surface area contributed by atoms with Gasteiger partial charge in [0.05, 0.1) is 11.8 Å². The molecule has 1 N–H and O–H groups in total. The van der Waals surface area contributed by atoms with Gasteiger partial charge >= 0.3 is 0 Å². The fraction of sp³-hybridized carbons (Fsp3) is 0.286. The van der Waals surface area contributed by atoms with Crippen LogP contribution in [0.15, 0.2) is 35.6 Å². The van der Waals surface area contributed by atoms with Crippen molar-refractivity contribution in [1.82, 2.24) is 25.2 Å². The summed E-state index contributed by atoms with van der Waals surface area (Å²) in [5.74, 6) is 0.428. The number of hydrogen-bond acceptors (Lipinski definition) is 5. The Kier molecular flexibility index (Phi) is 2.99. The highest BCUT2D eigenvalue weighted by atomic mass is 32.2. The number of nitrogens with one attached hydrogen (secondary N) is 1. The highest BCUT2D eigenvalue weighted by Crippen LogP contribution is 2.36. The summed E-state index contributed by atoms with van der Waals surface area (Å²) in [5.41, 5.74) is 1.71. The molecule has 0 radical (unpaired) electrons. The van der Waals surface area contributed by atoms with E-state index in [2.05, 4.69) is 20.5 Å². The number of nitrogens with zero attached hydrogens (tertiary/aromatic N) is 4. The molecule has 106 valence electrons. The van der Waals surface area contributed by atoms with E-state index in [1.807, 2.05) is 28.9 Å². The largest absolute Gasteiger partial charge is 0.360 e. The normalized spacial score (nSPS) is 14.7. The standard InChI is InChI=1S/C14H13N5OS/c20-13(11-7-15-12-4-2-1-3-10(11)12)8-21-14-16-17-18-19(14)9-5-6-9/h1-4,7,9,15H,5-6,8H2. The number of rotatable bonds is 5. The van der Waals surface area contributed by atoms with Gasteiger partial charge in [0.1, 0.15) is 0 Å². The van der Waals surface area contributed by atoms with Crippen LogP contribution in [0.25, 0.3) is 10.9 Å². The Morgan fingerprint density at radius 3 is 3.10 bits per heavy atom. The van der Waals surface area contributed by atoms with Crippen molar-refractivity contribution in [3.05, 3.63) is 36.0 Å². The van der Waals surface area contributed by atoms with E-state index in [9.17, 15) is 4.79 Å². The molecule has 4 rings (SSSR count). The minimum atomic E-state index is 0.0859. The summed E-state index contributed by atoms with van der Waals surface area (Å²) in [6.45, 7) is 0. The molecule has 0 amide bonds. The number of fused-ring (bicyclic) bond motifs is 1. The number of para-hydroxylation sites is 1. The summed E-state index contributed by atoms with van der Waals surface area (Å²) in [6.07, 6.45) is 4.02. The number of aromatic amines is 1. The molecule has 0 bridgehead atoms. The van der Waals surface area contributed by atoms with Crippen LogP contribution in [0.5, 0.6) is 0 Å². The number of tetrazole rings is 1. The Bertz CT molecular complexity index is 804. The lowest BCUT2D eigenvalue weighted by molar-refractivity contribution is 0.102. The van der Waals surface area contributed by atoms with Crippen LogP contribution in [0.1, 0.15) is 29.2 Å². The molecule has 0 spiro atoms. The lowest BCUT2D eigenvalue weighted by Crippen LogP contribution is -2.04. The molecule has 21 heavy (non-hydrogen) atoms. The van der Waals surface area contributed by atoms with Gasteiger partial charge in [-0.15, -0.1) is 5.10 Å². The van der Waals surface area contributed by atoms with Crippen molar-refractivity contribution in [2.45, 2.75) is 24.0 Å². The van der Waals surface area contributed by atoms with Crippen molar-refractivity contribution in [1.29, 1.82) is 0 Å². The second-order valence-corrected chi connectivity index (χ2v) is 6.04. The van der Waals surface area contributed by atoms with Gasteiger partial charge in [-0.25, -0.2) is 4.68 Å². The third-order valence-corrected chi connectivity index (χ3v) is 4.51. The first kappa shape index (κ1) is 12.6. The van der Waals surface area contributed by atoms with Crippen LogP contribution in [0.3, 0.4) is 0 Å². The SMILES string of the molecule is O=C(CSc1nnnn1C1CC1)c1c[nH]c2ccccc12. The first-order chi connectivity index (χ1) is 10.3. The second kappa shape index (κ2) is 5.00. The van der Waals surface area contributed by atoms with Gasteiger partial charge in [-0.1, -0.05) is 30.0 Å². The maximum Gasteiger partial charge on any atom is 0.210 e. The molecule has 0 aliphatic heterocycles.